The van der Waals surface area contributed by atoms with E-state index in [9.17, 15) is 19.8 Å². The van der Waals surface area contributed by atoms with Gasteiger partial charge in [-0.1, -0.05) is 72.8 Å². The van der Waals surface area contributed by atoms with Crippen molar-refractivity contribution in [1.29, 1.82) is 0 Å². The van der Waals surface area contributed by atoms with E-state index in [0.29, 0.717) is 19.5 Å². The van der Waals surface area contributed by atoms with Gasteiger partial charge in [0.05, 0.1) is 31.5 Å². The molecule has 2 amide bonds. The van der Waals surface area contributed by atoms with Crippen molar-refractivity contribution in [2.24, 2.45) is 0 Å². The summed E-state index contributed by atoms with van der Waals surface area (Å²) in [5, 5.41) is 24.8. The Bertz CT molecular complexity index is 1380. The number of aliphatic hydroxyl groups excluding tert-OH is 2. The summed E-state index contributed by atoms with van der Waals surface area (Å²) in [5.41, 5.74) is 5.66. The Kier molecular flexibility index (Phi) is 11.0. The van der Waals surface area contributed by atoms with Crippen molar-refractivity contribution in [3.63, 3.8) is 0 Å². The Morgan fingerprint density at radius 3 is 2.43 bits per heavy atom. The fourth-order valence-corrected chi connectivity index (χ4v) is 5.68. The smallest absolute Gasteiger partial charge is 0.325 e. The Labute approximate surface area is 257 Å². The number of hydrogen-bond donors (Lipinski definition) is 4. The van der Waals surface area contributed by atoms with Gasteiger partial charge in [0, 0.05) is 38.2 Å². The highest BCUT2D eigenvalue weighted by Gasteiger charge is 2.34. The first kappa shape index (κ1) is 31.6. The highest BCUT2D eigenvalue weighted by molar-refractivity contribution is 5.81. The third kappa shape index (κ3) is 8.43. The van der Waals surface area contributed by atoms with Gasteiger partial charge in [0.15, 0.2) is 6.29 Å². The van der Waals surface area contributed by atoms with E-state index in [2.05, 4.69) is 15.5 Å². The number of β-amino-alcohol motifs (C(OH)–C–C–N with tert-alkyl or cyclic N) is 1. The average Bonchev–Trinajstić information content (AvgIpc) is 3.47. The summed E-state index contributed by atoms with van der Waals surface area (Å²) in [4.78, 5) is 26.0. The molecular weight excluding hydrogens is 562 g/mol. The summed E-state index contributed by atoms with van der Waals surface area (Å²) in [6.45, 7) is 4.27. The first-order chi connectivity index (χ1) is 21.4. The van der Waals surface area contributed by atoms with E-state index in [1.807, 2.05) is 72.8 Å². The van der Waals surface area contributed by atoms with Crippen molar-refractivity contribution in [3.8, 4) is 11.1 Å². The molecule has 5 rings (SSSR count). The molecule has 0 saturated carbocycles. The minimum absolute atomic E-state index is 0.00826. The second-order valence-corrected chi connectivity index (χ2v) is 11.2. The Morgan fingerprint density at radius 1 is 0.977 bits per heavy atom. The summed E-state index contributed by atoms with van der Waals surface area (Å²) in [5.74, 6) is -0.485. The molecule has 2 aliphatic heterocycles. The molecule has 3 aromatic rings. The number of nitrogens with zero attached hydrogens (tertiary/aromatic N) is 1. The number of esters is 1. The summed E-state index contributed by atoms with van der Waals surface area (Å²) in [6.07, 6.45) is 0.335. The highest BCUT2D eigenvalue weighted by atomic mass is 16.7. The molecule has 2 saturated heterocycles. The number of aliphatic hydroxyl groups is 2. The van der Waals surface area contributed by atoms with E-state index in [-0.39, 0.29) is 44.6 Å². The molecule has 10 heteroatoms. The standard InChI is InChI=1S/C34H41N3O7/c1-2-42-32(40)19-36-34(41)35-18-27-5-3-4-6-30(27)24-11-13-26(14-12-24)33-43-29(21-37-16-15-28(39)20-37)17-31(44-33)25-9-7-23(22-38)8-10-25/h3-14,28-29,31,33,38-39H,2,15-22H2,1H3,(H2,35,36,41)/t28-,29-,31+,33+/m0/s1. The van der Waals surface area contributed by atoms with Crippen LogP contribution in [0.1, 0.15) is 54.4 Å². The molecule has 10 nitrogen and oxygen atoms in total. The molecule has 0 unspecified atom stereocenters. The van der Waals surface area contributed by atoms with Crippen LogP contribution in [0.3, 0.4) is 0 Å². The van der Waals surface area contributed by atoms with Gasteiger partial charge < -0.3 is 35.1 Å². The summed E-state index contributed by atoms with van der Waals surface area (Å²) in [6, 6.07) is 23.3. The Balaban J connectivity index is 1.28. The molecule has 2 heterocycles. The average molecular weight is 604 g/mol. The number of amides is 2. The molecule has 4 N–H and O–H groups in total. The van der Waals surface area contributed by atoms with Crippen LogP contribution < -0.4 is 10.6 Å². The molecule has 0 spiro atoms. The van der Waals surface area contributed by atoms with Crippen LogP contribution in [0.5, 0.6) is 0 Å². The molecule has 3 aromatic carbocycles. The van der Waals surface area contributed by atoms with Gasteiger partial charge in [-0.15, -0.1) is 0 Å². The van der Waals surface area contributed by atoms with Crippen LogP contribution in [0, 0.1) is 0 Å². The second-order valence-electron chi connectivity index (χ2n) is 11.2. The highest BCUT2D eigenvalue weighted by Crippen LogP contribution is 2.39. The van der Waals surface area contributed by atoms with Gasteiger partial charge in [0.25, 0.3) is 0 Å². The lowest BCUT2D eigenvalue weighted by Gasteiger charge is -2.38. The number of nitrogens with one attached hydrogen (secondary N) is 2. The lowest BCUT2D eigenvalue weighted by Crippen LogP contribution is -2.38. The van der Waals surface area contributed by atoms with Crippen LogP contribution in [0.2, 0.25) is 0 Å². The number of rotatable bonds is 11. The predicted molar refractivity (Wildman–Crippen MR) is 164 cm³/mol. The summed E-state index contributed by atoms with van der Waals surface area (Å²) < 4.78 is 17.8. The maximum absolute atomic E-state index is 12.2. The minimum Gasteiger partial charge on any atom is -0.465 e. The minimum atomic E-state index is -0.571. The van der Waals surface area contributed by atoms with Crippen molar-refractivity contribution >= 4 is 12.0 Å². The van der Waals surface area contributed by atoms with Crippen LogP contribution in [0.15, 0.2) is 72.8 Å². The number of likely N-dealkylation sites (tertiary alicyclic amines) is 1. The van der Waals surface area contributed by atoms with Gasteiger partial charge in [0.2, 0.25) is 0 Å². The van der Waals surface area contributed by atoms with Crippen LogP contribution in [0.25, 0.3) is 11.1 Å². The topological polar surface area (TPSA) is 130 Å². The number of hydrogen-bond acceptors (Lipinski definition) is 8. The summed E-state index contributed by atoms with van der Waals surface area (Å²) >= 11 is 0. The van der Waals surface area contributed by atoms with Gasteiger partial charge in [-0.05, 0) is 41.2 Å². The van der Waals surface area contributed by atoms with Crippen LogP contribution in [-0.4, -0.2) is 72.1 Å². The van der Waals surface area contributed by atoms with Crippen LogP contribution in [0.4, 0.5) is 4.79 Å². The van der Waals surface area contributed by atoms with E-state index >= 15 is 0 Å². The number of benzene rings is 3. The van der Waals surface area contributed by atoms with E-state index in [1.165, 1.54) is 0 Å². The largest absolute Gasteiger partial charge is 0.465 e. The molecule has 44 heavy (non-hydrogen) atoms. The van der Waals surface area contributed by atoms with Gasteiger partial charge in [0.1, 0.15) is 6.54 Å². The number of carbonyl (C=O) groups excluding carboxylic acids is 2. The predicted octanol–water partition coefficient (Wildman–Crippen LogP) is 3.82. The van der Waals surface area contributed by atoms with Crippen LogP contribution in [-0.2, 0) is 32.2 Å². The van der Waals surface area contributed by atoms with Crippen molar-refractivity contribution in [3.05, 3.63) is 95.1 Å². The van der Waals surface area contributed by atoms with Crippen molar-refractivity contribution < 1.29 is 34.0 Å². The zero-order valence-corrected chi connectivity index (χ0v) is 25.0. The van der Waals surface area contributed by atoms with Crippen molar-refractivity contribution in [2.45, 2.75) is 57.5 Å². The lowest BCUT2D eigenvalue weighted by molar-refractivity contribution is -0.252. The lowest BCUT2D eigenvalue weighted by atomic mass is 9.97. The Hall–Kier alpha value is -3.80. The molecule has 2 aliphatic rings. The molecular formula is C34H41N3O7. The zero-order chi connectivity index (χ0) is 30.9. The third-order valence-electron chi connectivity index (χ3n) is 7.97. The first-order valence-electron chi connectivity index (χ1n) is 15.2. The summed E-state index contributed by atoms with van der Waals surface area (Å²) in [7, 11) is 0. The van der Waals surface area contributed by atoms with E-state index in [4.69, 9.17) is 14.2 Å². The van der Waals surface area contributed by atoms with Crippen molar-refractivity contribution in [2.75, 3.05) is 32.8 Å². The van der Waals surface area contributed by atoms with E-state index < -0.39 is 18.3 Å². The SMILES string of the molecule is CCOC(=O)CNC(=O)NCc1ccccc1-c1ccc([C@@H]2O[C@H](CN3CC[C@H](O)C3)C[C@H](c3ccc(CO)cc3)O2)cc1. The quantitative estimate of drug-likeness (QED) is 0.244. The molecule has 0 radical (unpaired) electrons. The first-order valence-corrected chi connectivity index (χ1v) is 15.2. The molecule has 0 aromatic heterocycles. The fraction of sp³-hybridized carbons (Fsp3) is 0.412. The second kappa shape index (κ2) is 15.3. The fourth-order valence-electron chi connectivity index (χ4n) is 5.68. The number of urea groups is 1. The van der Waals surface area contributed by atoms with E-state index in [1.54, 1.807) is 6.92 Å². The molecule has 2 fully saturated rings. The zero-order valence-electron chi connectivity index (χ0n) is 25.0. The van der Waals surface area contributed by atoms with Gasteiger partial charge in [-0.3, -0.25) is 9.69 Å². The number of carbonyl (C=O) groups is 2. The third-order valence-corrected chi connectivity index (χ3v) is 7.97. The van der Waals surface area contributed by atoms with Gasteiger partial charge in [-0.25, -0.2) is 4.79 Å². The molecule has 0 aliphatic carbocycles. The molecule has 0 bridgehead atoms. The maximum Gasteiger partial charge on any atom is 0.325 e. The maximum atomic E-state index is 12.2. The number of ether oxygens (including phenoxy) is 3. The van der Waals surface area contributed by atoms with Gasteiger partial charge >= 0.3 is 12.0 Å². The van der Waals surface area contributed by atoms with Gasteiger partial charge in [-0.2, -0.15) is 0 Å². The normalized spacial score (nSPS) is 22.0. The molecule has 234 valence electrons. The van der Waals surface area contributed by atoms with E-state index in [0.717, 1.165) is 46.3 Å². The molecule has 4 atom stereocenters. The monoisotopic (exact) mass is 603 g/mol. The van der Waals surface area contributed by atoms with Crippen LogP contribution >= 0.6 is 0 Å². The Morgan fingerprint density at radius 2 is 1.73 bits per heavy atom. The van der Waals surface area contributed by atoms with Crippen molar-refractivity contribution in [1.82, 2.24) is 15.5 Å².